The summed E-state index contributed by atoms with van der Waals surface area (Å²) in [7, 11) is 0. The second-order valence-electron chi connectivity index (χ2n) is 4.76. The van der Waals surface area contributed by atoms with Gasteiger partial charge in [0.1, 0.15) is 5.76 Å². The van der Waals surface area contributed by atoms with Gasteiger partial charge in [-0.05, 0) is 72.9 Å². The molecule has 96 valence electrons. The van der Waals surface area contributed by atoms with Gasteiger partial charge in [-0.2, -0.15) is 0 Å². The van der Waals surface area contributed by atoms with Crippen LogP contribution >= 0.6 is 15.9 Å². The zero-order valence-electron chi connectivity index (χ0n) is 10.4. The first kappa shape index (κ1) is 13.1. The average Bonchev–Trinajstić information content (AvgIpc) is 2.75. The maximum Gasteiger partial charge on any atom is 0.169 e. The van der Waals surface area contributed by atoms with Crippen LogP contribution in [0.2, 0.25) is 0 Å². The number of furan rings is 1. The van der Waals surface area contributed by atoms with Gasteiger partial charge >= 0.3 is 0 Å². The normalized spacial score (nSPS) is 26.3. The van der Waals surface area contributed by atoms with E-state index in [1.165, 1.54) is 19.3 Å². The van der Waals surface area contributed by atoms with E-state index in [9.17, 15) is 0 Å². The van der Waals surface area contributed by atoms with E-state index < -0.39 is 0 Å². The number of piperidine rings is 1. The van der Waals surface area contributed by atoms with Gasteiger partial charge in [-0.15, -0.1) is 0 Å². The van der Waals surface area contributed by atoms with Crippen LogP contribution < -0.4 is 5.73 Å². The molecule has 2 rings (SSSR count). The fraction of sp³-hybridized carbons (Fsp3) is 0.692. The predicted octanol–water partition coefficient (Wildman–Crippen LogP) is 3.16. The molecule has 0 radical (unpaired) electrons. The Hall–Kier alpha value is -0.320. The molecule has 1 fully saturated rings. The number of nitrogens with two attached hydrogens (primary N) is 1. The summed E-state index contributed by atoms with van der Waals surface area (Å²) in [6, 6.07) is 4.41. The van der Waals surface area contributed by atoms with Crippen molar-refractivity contribution in [3.8, 4) is 0 Å². The van der Waals surface area contributed by atoms with Gasteiger partial charge in [0.2, 0.25) is 0 Å². The first-order valence-corrected chi connectivity index (χ1v) is 7.25. The summed E-state index contributed by atoms with van der Waals surface area (Å²) in [5.74, 6) is 1.58. The number of halogens is 1. The molecular formula is C13H21BrN2O. The van der Waals surface area contributed by atoms with Gasteiger partial charge in [0.25, 0.3) is 0 Å². The summed E-state index contributed by atoms with van der Waals surface area (Å²) < 4.78 is 6.56. The Morgan fingerprint density at radius 1 is 1.53 bits per heavy atom. The van der Waals surface area contributed by atoms with Crippen LogP contribution in [0.25, 0.3) is 0 Å². The van der Waals surface area contributed by atoms with Crippen LogP contribution in [0.5, 0.6) is 0 Å². The number of hydrogen-bond acceptors (Lipinski definition) is 3. The molecule has 0 aliphatic carbocycles. The molecule has 0 spiro atoms. The Labute approximate surface area is 111 Å². The van der Waals surface area contributed by atoms with Crippen molar-refractivity contribution in [2.24, 2.45) is 11.7 Å². The van der Waals surface area contributed by atoms with Crippen molar-refractivity contribution in [3.05, 3.63) is 22.6 Å². The van der Waals surface area contributed by atoms with Crippen LogP contribution in [0.1, 0.15) is 38.0 Å². The van der Waals surface area contributed by atoms with Crippen LogP contribution in [0, 0.1) is 5.92 Å². The second-order valence-corrected chi connectivity index (χ2v) is 5.54. The molecule has 17 heavy (non-hydrogen) atoms. The zero-order chi connectivity index (χ0) is 12.3. The van der Waals surface area contributed by atoms with Gasteiger partial charge in [0, 0.05) is 0 Å². The SMILES string of the molecule is CCCN1CCCC(CN)C1c1ccc(Br)o1. The minimum absolute atomic E-state index is 0.361. The number of likely N-dealkylation sites (tertiary alicyclic amines) is 1. The molecular weight excluding hydrogens is 280 g/mol. The van der Waals surface area contributed by atoms with Crippen LogP contribution in [0.4, 0.5) is 0 Å². The van der Waals surface area contributed by atoms with E-state index in [0.29, 0.717) is 12.0 Å². The molecule has 0 bridgehead atoms. The third-order valence-electron chi connectivity index (χ3n) is 3.56. The monoisotopic (exact) mass is 300 g/mol. The molecule has 2 N–H and O–H groups in total. The summed E-state index contributed by atoms with van der Waals surface area (Å²) in [5, 5.41) is 0. The molecule has 2 unspecified atom stereocenters. The zero-order valence-corrected chi connectivity index (χ0v) is 11.9. The highest BCUT2D eigenvalue weighted by molar-refractivity contribution is 9.10. The fourth-order valence-electron chi connectivity index (χ4n) is 2.84. The Bertz CT molecular complexity index is 351. The standard InChI is InChI=1S/C13H21BrN2O/c1-2-7-16-8-3-4-10(9-15)13(16)11-5-6-12(14)17-11/h5-6,10,13H,2-4,7-9,15H2,1H3. The van der Waals surface area contributed by atoms with Crippen molar-refractivity contribution in [2.45, 2.75) is 32.2 Å². The van der Waals surface area contributed by atoms with Crippen molar-refractivity contribution >= 4 is 15.9 Å². The molecule has 3 nitrogen and oxygen atoms in total. The van der Waals surface area contributed by atoms with Crippen molar-refractivity contribution in [3.63, 3.8) is 0 Å². The summed E-state index contributed by atoms with van der Waals surface area (Å²) >= 11 is 3.38. The lowest BCUT2D eigenvalue weighted by atomic mass is 9.87. The van der Waals surface area contributed by atoms with E-state index in [1.54, 1.807) is 0 Å². The molecule has 1 saturated heterocycles. The summed E-state index contributed by atoms with van der Waals surface area (Å²) in [6.45, 7) is 5.25. The molecule has 1 aromatic heterocycles. The molecule has 1 aromatic rings. The quantitative estimate of drug-likeness (QED) is 0.929. The van der Waals surface area contributed by atoms with Crippen LogP contribution in [0.15, 0.2) is 21.2 Å². The maximum absolute atomic E-state index is 5.92. The lowest BCUT2D eigenvalue weighted by Crippen LogP contribution is -2.41. The van der Waals surface area contributed by atoms with Crippen molar-refractivity contribution in [1.82, 2.24) is 4.90 Å². The highest BCUT2D eigenvalue weighted by Gasteiger charge is 2.33. The topological polar surface area (TPSA) is 42.4 Å². The van der Waals surface area contributed by atoms with Gasteiger partial charge in [0.15, 0.2) is 4.67 Å². The van der Waals surface area contributed by atoms with Crippen LogP contribution in [0.3, 0.4) is 0 Å². The van der Waals surface area contributed by atoms with Crippen LogP contribution in [-0.4, -0.2) is 24.5 Å². The second kappa shape index (κ2) is 6.03. The fourth-order valence-corrected chi connectivity index (χ4v) is 3.16. The summed E-state index contributed by atoms with van der Waals surface area (Å²) in [4.78, 5) is 2.52. The first-order valence-electron chi connectivity index (χ1n) is 6.45. The third-order valence-corrected chi connectivity index (χ3v) is 3.99. The highest BCUT2D eigenvalue weighted by Crippen LogP contribution is 2.37. The van der Waals surface area contributed by atoms with Crippen molar-refractivity contribution in [2.75, 3.05) is 19.6 Å². The maximum atomic E-state index is 5.92. The molecule has 4 heteroatoms. The number of hydrogen-bond donors (Lipinski definition) is 1. The smallest absolute Gasteiger partial charge is 0.169 e. The Morgan fingerprint density at radius 3 is 2.94 bits per heavy atom. The van der Waals surface area contributed by atoms with E-state index in [1.807, 2.05) is 6.07 Å². The molecule has 2 atom stereocenters. The van der Waals surface area contributed by atoms with Gasteiger partial charge in [0.05, 0.1) is 6.04 Å². The average molecular weight is 301 g/mol. The Balaban J connectivity index is 2.21. The predicted molar refractivity (Wildman–Crippen MR) is 72.8 cm³/mol. The van der Waals surface area contributed by atoms with Crippen molar-refractivity contribution in [1.29, 1.82) is 0 Å². The van der Waals surface area contributed by atoms with Gasteiger partial charge in [-0.3, -0.25) is 4.90 Å². The summed E-state index contributed by atoms with van der Waals surface area (Å²) in [6.07, 6.45) is 3.63. The highest BCUT2D eigenvalue weighted by atomic mass is 79.9. The minimum atomic E-state index is 0.361. The van der Waals surface area contributed by atoms with Crippen molar-refractivity contribution < 1.29 is 4.42 Å². The number of nitrogens with zero attached hydrogens (tertiary/aromatic N) is 1. The van der Waals surface area contributed by atoms with Gasteiger partial charge < -0.3 is 10.2 Å². The Kier molecular flexibility index (Phi) is 4.65. The van der Waals surface area contributed by atoms with E-state index in [2.05, 4.69) is 33.8 Å². The van der Waals surface area contributed by atoms with Crippen LogP contribution in [-0.2, 0) is 0 Å². The lowest BCUT2D eigenvalue weighted by molar-refractivity contribution is 0.0790. The van der Waals surface area contributed by atoms with E-state index in [-0.39, 0.29) is 0 Å². The molecule has 0 aromatic carbocycles. The molecule has 0 saturated carbocycles. The lowest BCUT2D eigenvalue weighted by Gasteiger charge is -2.39. The third kappa shape index (κ3) is 2.92. The number of rotatable bonds is 4. The van der Waals surface area contributed by atoms with Gasteiger partial charge in [-0.25, -0.2) is 0 Å². The minimum Gasteiger partial charge on any atom is -0.453 e. The van der Waals surface area contributed by atoms with Gasteiger partial charge in [-0.1, -0.05) is 6.92 Å². The Morgan fingerprint density at radius 2 is 2.35 bits per heavy atom. The molecule has 0 amide bonds. The molecule has 2 heterocycles. The molecule has 1 aliphatic heterocycles. The largest absolute Gasteiger partial charge is 0.453 e. The van der Waals surface area contributed by atoms with E-state index >= 15 is 0 Å². The first-order chi connectivity index (χ1) is 8.26. The summed E-state index contributed by atoms with van der Waals surface area (Å²) in [5.41, 5.74) is 5.92. The molecule has 1 aliphatic rings. The van der Waals surface area contributed by atoms with E-state index in [4.69, 9.17) is 10.2 Å². The van der Waals surface area contributed by atoms with E-state index in [0.717, 1.165) is 30.1 Å².